The van der Waals surface area contributed by atoms with E-state index in [0.29, 0.717) is 6.54 Å². The van der Waals surface area contributed by atoms with Crippen LogP contribution in [0.15, 0.2) is 65.6 Å². The van der Waals surface area contributed by atoms with E-state index in [1.54, 1.807) is 11.8 Å². The molecule has 0 heterocycles. The maximum absolute atomic E-state index is 12.7. The molecule has 2 aromatic carbocycles. The Morgan fingerprint density at radius 2 is 1.70 bits per heavy atom. The van der Waals surface area contributed by atoms with Crippen molar-refractivity contribution >= 4 is 17.7 Å². The van der Waals surface area contributed by atoms with Crippen LogP contribution in [0.2, 0.25) is 0 Å². The van der Waals surface area contributed by atoms with Crippen LogP contribution < -0.4 is 5.32 Å². The fraction of sp³-hybridized carbons (Fsp3) is 0.316. The van der Waals surface area contributed by atoms with Gasteiger partial charge in [0, 0.05) is 16.9 Å². The van der Waals surface area contributed by atoms with Crippen LogP contribution >= 0.6 is 11.8 Å². The summed E-state index contributed by atoms with van der Waals surface area (Å²) < 4.78 is 0. The molecule has 0 radical (unpaired) electrons. The van der Waals surface area contributed by atoms with Crippen LogP contribution in [0.4, 0.5) is 0 Å². The number of carbonyl (C=O) groups is 1. The van der Waals surface area contributed by atoms with Crippen molar-refractivity contribution in [2.75, 3.05) is 13.2 Å². The highest BCUT2D eigenvalue weighted by atomic mass is 32.2. The van der Waals surface area contributed by atoms with Gasteiger partial charge in [-0.15, -0.1) is 11.8 Å². The van der Waals surface area contributed by atoms with E-state index in [4.69, 9.17) is 0 Å². The Bertz CT molecular complexity index is 641. The Morgan fingerprint density at radius 3 is 2.26 bits per heavy atom. The average Bonchev–Trinajstić information content (AvgIpc) is 3.40. The first kappa shape index (κ1) is 16.1. The van der Waals surface area contributed by atoms with E-state index in [2.05, 4.69) is 5.32 Å². The minimum atomic E-state index is -0.284. The molecule has 1 aliphatic rings. The van der Waals surface area contributed by atoms with Crippen LogP contribution in [-0.4, -0.2) is 24.2 Å². The van der Waals surface area contributed by atoms with Gasteiger partial charge in [0.25, 0.3) is 0 Å². The smallest absolute Gasteiger partial charge is 0.238 e. The fourth-order valence-electron chi connectivity index (χ4n) is 2.47. The summed E-state index contributed by atoms with van der Waals surface area (Å²) in [4.78, 5) is 13.8. The topological polar surface area (TPSA) is 49.3 Å². The number of rotatable bonds is 7. The van der Waals surface area contributed by atoms with Gasteiger partial charge in [0.05, 0.1) is 6.61 Å². The molecule has 1 unspecified atom stereocenters. The second kappa shape index (κ2) is 7.20. The monoisotopic (exact) mass is 327 g/mol. The largest absolute Gasteiger partial charge is 0.396 e. The van der Waals surface area contributed by atoms with Gasteiger partial charge >= 0.3 is 0 Å². The van der Waals surface area contributed by atoms with Gasteiger partial charge in [0.2, 0.25) is 5.91 Å². The van der Waals surface area contributed by atoms with E-state index >= 15 is 0 Å². The van der Waals surface area contributed by atoms with Crippen LogP contribution in [-0.2, 0) is 4.79 Å². The van der Waals surface area contributed by atoms with Crippen molar-refractivity contribution in [2.45, 2.75) is 23.0 Å². The average molecular weight is 327 g/mol. The van der Waals surface area contributed by atoms with Crippen molar-refractivity contribution in [1.82, 2.24) is 5.32 Å². The molecule has 1 aliphatic carbocycles. The first-order chi connectivity index (χ1) is 11.2. The Hall–Kier alpha value is -1.78. The zero-order chi connectivity index (χ0) is 16.1. The third-order valence-corrected chi connectivity index (χ3v) is 5.53. The van der Waals surface area contributed by atoms with Gasteiger partial charge in [-0.25, -0.2) is 0 Å². The number of nitrogens with one attached hydrogen (secondary N) is 1. The number of benzene rings is 2. The summed E-state index contributed by atoms with van der Waals surface area (Å²) in [7, 11) is 0. The number of carbonyl (C=O) groups excluding carboxylic acids is 1. The minimum absolute atomic E-state index is 0.00442. The lowest BCUT2D eigenvalue weighted by Crippen LogP contribution is -2.34. The molecule has 4 heteroatoms. The highest BCUT2D eigenvalue weighted by Crippen LogP contribution is 2.44. The van der Waals surface area contributed by atoms with E-state index in [0.717, 1.165) is 23.3 Å². The van der Waals surface area contributed by atoms with Gasteiger partial charge in [-0.2, -0.15) is 0 Å². The third kappa shape index (κ3) is 4.15. The molecule has 1 atom stereocenters. The predicted molar refractivity (Wildman–Crippen MR) is 93.2 cm³/mol. The van der Waals surface area contributed by atoms with Gasteiger partial charge in [0.15, 0.2) is 0 Å². The predicted octanol–water partition coefficient (Wildman–Crippen LogP) is 3.41. The molecular weight excluding hydrogens is 306 g/mol. The van der Waals surface area contributed by atoms with Gasteiger partial charge in [0.1, 0.15) is 5.25 Å². The van der Waals surface area contributed by atoms with Gasteiger partial charge in [-0.3, -0.25) is 4.79 Å². The van der Waals surface area contributed by atoms with Crippen molar-refractivity contribution in [2.24, 2.45) is 5.41 Å². The second-order valence-electron chi connectivity index (χ2n) is 6.10. The number of hydrogen-bond acceptors (Lipinski definition) is 3. The van der Waals surface area contributed by atoms with E-state index in [-0.39, 0.29) is 23.2 Å². The van der Waals surface area contributed by atoms with Crippen molar-refractivity contribution in [3.8, 4) is 0 Å². The van der Waals surface area contributed by atoms with Gasteiger partial charge < -0.3 is 10.4 Å². The summed E-state index contributed by atoms with van der Waals surface area (Å²) >= 11 is 1.55. The number of thioether (sulfide) groups is 1. The Labute approximate surface area is 141 Å². The molecule has 3 rings (SSSR count). The van der Waals surface area contributed by atoms with Gasteiger partial charge in [-0.05, 0) is 30.5 Å². The molecule has 0 aliphatic heterocycles. The summed E-state index contributed by atoms with van der Waals surface area (Å²) in [6.07, 6.45) is 1.98. The molecule has 0 spiro atoms. The zero-order valence-electron chi connectivity index (χ0n) is 12.9. The molecule has 2 N–H and O–H groups in total. The van der Waals surface area contributed by atoms with Crippen molar-refractivity contribution in [1.29, 1.82) is 0 Å². The van der Waals surface area contributed by atoms with Crippen LogP contribution in [0, 0.1) is 5.41 Å². The van der Waals surface area contributed by atoms with Crippen molar-refractivity contribution < 1.29 is 9.90 Å². The van der Waals surface area contributed by atoms with E-state index in [1.807, 2.05) is 60.7 Å². The highest BCUT2D eigenvalue weighted by Gasteiger charge is 2.42. The summed E-state index contributed by atoms with van der Waals surface area (Å²) in [6.45, 7) is 0.704. The first-order valence-electron chi connectivity index (χ1n) is 7.88. The minimum Gasteiger partial charge on any atom is -0.396 e. The molecule has 3 nitrogen and oxygen atoms in total. The van der Waals surface area contributed by atoms with E-state index in [9.17, 15) is 9.90 Å². The van der Waals surface area contributed by atoms with Crippen LogP contribution in [0.5, 0.6) is 0 Å². The summed E-state index contributed by atoms with van der Waals surface area (Å²) in [5, 5.41) is 12.2. The SMILES string of the molecule is O=C(NCC1(CO)CC1)C(Sc1ccccc1)c1ccccc1. The lowest BCUT2D eigenvalue weighted by atomic mass is 10.1. The molecule has 1 saturated carbocycles. The normalized spacial score (nSPS) is 16.6. The molecule has 0 aromatic heterocycles. The number of amides is 1. The molecule has 120 valence electrons. The Balaban J connectivity index is 1.73. The number of aliphatic hydroxyl groups excluding tert-OH is 1. The van der Waals surface area contributed by atoms with Crippen LogP contribution in [0.1, 0.15) is 23.7 Å². The molecule has 1 amide bonds. The molecular formula is C19H21NO2S. The first-order valence-corrected chi connectivity index (χ1v) is 8.76. The van der Waals surface area contributed by atoms with Gasteiger partial charge in [-0.1, -0.05) is 48.5 Å². The van der Waals surface area contributed by atoms with Crippen LogP contribution in [0.25, 0.3) is 0 Å². The van der Waals surface area contributed by atoms with E-state index in [1.165, 1.54) is 0 Å². The summed E-state index contributed by atoms with van der Waals surface area (Å²) in [6, 6.07) is 19.8. The molecule has 1 fully saturated rings. The van der Waals surface area contributed by atoms with Crippen molar-refractivity contribution in [3.63, 3.8) is 0 Å². The maximum Gasteiger partial charge on any atom is 0.238 e. The summed E-state index contributed by atoms with van der Waals surface area (Å²) in [5.41, 5.74) is 0.918. The summed E-state index contributed by atoms with van der Waals surface area (Å²) in [5.74, 6) is 0.00442. The maximum atomic E-state index is 12.7. The molecule has 2 aromatic rings. The fourth-order valence-corrected chi connectivity index (χ4v) is 3.54. The lowest BCUT2D eigenvalue weighted by molar-refractivity contribution is -0.121. The van der Waals surface area contributed by atoms with Crippen molar-refractivity contribution in [3.05, 3.63) is 66.2 Å². The Morgan fingerprint density at radius 1 is 1.09 bits per heavy atom. The van der Waals surface area contributed by atoms with E-state index < -0.39 is 0 Å². The molecule has 0 saturated heterocycles. The third-order valence-electron chi connectivity index (χ3n) is 4.27. The standard InChI is InChI=1S/C19H21NO2S/c21-14-19(11-12-19)13-20-18(22)17(15-7-3-1-4-8-15)23-16-9-5-2-6-10-16/h1-10,17,21H,11-14H2,(H,20,22). The zero-order valence-corrected chi connectivity index (χ0v) is 13.8. The molecule has 23 heavy (non-hydrogen) atoms. The highest BCUT2D eigenvalue weighted by molar-refractivity contribution is 8.00. The Kier molecular flexibility index (Phi) is 5.03. The number of hydrogen-bond donors (Lipinski definition) is 2. The quantitative estimate of drug-likeness (QED) is 0.766. The lowest BCUT2D eigenvalue weighted by Gasteiger charge is -2.19. The number of aliphatic hydroxyl groups is 1. The molecule has 0 bridgehead atoms. The van der Waals surface area contributed by atoms with Crippen LogP contribution in [0.3, 0.4) is 0 Å². The second-order valence-corrected chi connectivity index (χ2v) is 7.28.